The van der Waals surface area contributed by atoms with Crippen LogP contribution in [0.5, 0.6) is 0 Å². The highest BCUT2D eigenvalue weighted by Gasteiger charge is 2.22. The molecule has 2 amide bonds. The summed E-state index contributed by atoms with van der Waals surface area (Å²) in [5.74, 6) is 5.70. The van der Waals surface area contributed by atoms with Gasteiger partial charge in [-0.2, -0.15) is 0 Å². The van der Waals surface area contributed by atoms with Gasteiger partial charge in [-0.1, -0.05) is 29.7 Å². The molecule has 1 N–H and O–H groups in total. The zero-order chi connectivity index (χ0) is 17.4. The summed E-state index contributed by atoms with van der Waals surface area (Å²) in [6.07, 6.45) is 3.27. The van der Waals surface area contributed by atoms with Gasteiger partial charge in [-0.05, 0) is 55.7 Å². The number of nitrogens with one attached hydrogen (secondary N) is 1. The number of hydrogen-bond acceptors (Lipinski definition) is 2. The van der Waals surface area contributed by atoms with E-state index in [1.54, 1.807) is 11.8 Å². The van der Waals surface area contributed by atoms with Crippen molar-refractivity contribution in [1.29, 1.82) is 0 Å². The van der Waals surface area contributed by atoms with Crippen molar-refractivity contribution in [2.24, 2.45) is 5.92 Å². The van der Waals surface area contributed by atoms with Crippen LogP contribution >= 0.6 is 11.6 Å². The molecule has 1 fully saturated rings. The van der Waals surface area contributed by atoms with Crippen LogP contribution in [0.4, 0.5) is 0 Å². The molecule has 0 unspecified atom stereocenters. The van der Waals surface area contributed by atoms with E-state index in [9.17, 15) is 9.59 Å². The second-order valence-electron chi connectivity index (χ2n) is 6.06. The summed E-state index contributed by atoms with van der Waals surface area (Å²) in [7, 11) is 0. The van der Waals surface area contributed by atoms with Crippen molar-refractivity contribution in [3.63, 3.8) is 0 Å². The van der Waals surface area contributed by atoms with Crippen LogP contribution < -0.4 is 5.32 Å². The Balaban J connectivity index is 1.66. The third kappa shape index (κ3) is 5.90. The molecule has 0 aliphatic carbocycles. The number of carbonyl (C=O) groups is 2. The summed E-state index contributed by atoms with van der Waals surface area (Å²) in [6.45, 7) is 3.65. The number of carbonyl (C=O) groups excluding carboxylic acids is 2. The molecule has 4 nitrogen and oxygen atoms in total. The number of hydrogen-bond donors (Lipinski definition) is 1. The van der Waals surface area contributed by atoms with Gasteiger partial charge in [0.1, 0.15) is 0 Å². The molecule has 0 spiro atoms. The van der Waals surface area contributed by atoms with Gasteiger partial charge in [0, 0.05) is 31.1 Å². The molecule has 24 heavy (non-hydrogen) atoms. The molecule has 0 radical (unpaired) electrons. The molecule has 1 heterocycles. The molecule has 2 rings (SSSR count). The fraction of sp³-hybridized carbons (Fsp3) is 0.474. The Morgan fingerprint density at radius 2 is 2.08 bits per heavy atom. The smallest absolute Gasteiger partial charge is 0.298 e. The van der Waals surface area contributed by atoms with E-state index in [0.29, 0.717) is 23.9 Å². The average Bonchev–Trinajstić information content (AvgIpc) is 2.59. The highest BCUT2D eigenvalue weighted by molar-refractivity contribution is 6.30. The van der Waals surface area contributed by atoms with E-state index in [0.717, 1.165) is 37.9 Å². The molecule has 1 aliphatic rings. The Bertz CT molecular complexity index is 640. The molecule has 0 atom stereocenters. The number of piperidine rings is 1. The lowest BCUT2D eigenvalue weighted by atomic mass is 9.92. The Hall–Kier alpha value is -1.99. The summed E-state index contributed by atoms with van der Waals surface area (Å²) >= 11 is 5.93. The normalized spacial score (nSPS) is 14.7. The van der Waals surface area contributed by atoms with E-state index >= 15 is 0 Å². The second kappa shape index (κ2) is 9.34. The van der Waals surface area contributed by atoms with Crippen molar-refractivity contribution in [3.05, 3.63) is 34.9 Å². The van der Waals surface area contributed by atoms with Crippen molar-refractivity contribution >= 4 is 23.4 Å². The van der Waals surface area contributed by atoms with E-state index < -0.39 is 0 Å². The summed E-state index contributed by atoms with van der Waals surface area (Å²) in [6, 6.07) is 7.49. The molecule has 0 saturated carbocycles. The predicted octanol–water partition coefficient (Wildman–Crippen LogP) is 3.00. The third-order valence-corrected chi connectivity index (χ3v) is 4.53. The Labute approximate surface area is 148 Å². The van der Waals surface area contributed by atoms with Gasteiger partial charge in [-0.15, -0.1) is 0 Å². The van der Waals surface area contributed by atoms with E-state index in [1.165, 1.54) is 0 Å². The minimum Gasteiger partial charge on any atom is -0.352 e. The highest BCUT2D eigenvalue weighted by atomic mass is 35.5. The summed E-state index contributed by atoms with van der Waals surface area (Å²) in [5, 5.41) is 3.61. The number of benzene rings is 1. The van der Waals surface area contributed by atoms with E-state index in [-0.39, 0.29) is 11.8 Å². The summed E-state index contributed by atoms with van der Waals surface area (Å²) in [5.41, 5.74) is 1.000. The molecule has 0 aromatic heterocycles. The van der Waals surface area contributed by atoms with Crippen molar-refractivity contribution < 1.29 is 9.59 Å². The van der Waals surface area contributed by atoms with Crippen LogP contribution in [0.25, 0.3) is 0 Å². The average molecular weight is 347 g/mol. The molecule has 1 aromatic rings. The first kappa shape index (κ1) is 18.4. The Morgan fingerprint density at radius 1 is 1.33 bits per heavy atom. The van der Waals surface area contributed by atoms with Crippen LogP contribution in [-0.2, 0) is 16.1 Å². The summed E-state index contributed by atoms with van der Waals surface area (Å²) < 4.78 is 0. The number of halogens is 1. The van der Waals surface area contributed by atoms with Gasteiger partial charge in [-0.25, -0.2) is 0 Å². The molecule has 1 saturated heterocycles. The quantitative estimate of drug-likeness (QED) is 0.833. The van der Waals surface area contributed by atoms with E-state index in [4.69, 9.17) is 11.6 Å². The molecule has 0 bridgehead atoms. The largest absolute Gasteiger partial charge is 0.352 e. The topological polar surface area (TPSA) is 49.4 Å². The summed E-state index contributed by atoms with van der Waals surface area (Å²) in [4.78, 5) is 25.5. The van der Waals surface area contributed by atoms with Crippen LogP contribution in [0.3, 0.4) is 0 Å². The number of rotatable bonds is 5. The van der Waals surface area contributed by atoms with Gasteiger partial charge in [0.2, 0.25) is 5.91 Å². The number of nitrogens with zero attached hydrogens (tertiary/aromatic N) is 1. The molecule has 1 aliphatic heterocycles. The van der Waals surface area contributed by atoms with Crippen LogP contribution in [0.15, 0.2) is 24.3 Å². The lowest BCUT2D eigenvalue weighted by Crippen LogP contribution is -2.38. The number of amides is 2. The van der Waals surface area contributed by atoms with Crippen molar-refractivity contribution in [3.8, 4) is 11.8 Å². The lowest BCUT2D eigenvalue weighted by molar-refractivity contribution is -0.127. The predicted molar refractivity (Wildman–Crippen MR) is 95.3 cm³/mol. The minimum absolute atomic E-state index is 0.0605. The lowest BCUT2D eigenvalue weighted by Gasteiger charge is -2.30. The van der Waals surface area contributed by atoms with Crippen LogP contribution in [0.2, 0.25) is 5.02 Å². The Morgan fingerprint density at radius 3 is 2.75 bits per heavy atom. The first-order valence-corrected chi connectivity index (χ1v) is 8.69. The minimum atomic E-state index is -0.0878. The van der Waals surface area contributed by atoms with E-state index in [2.05, 4.69) is 17.2 Å². The van der Waals surface area contributed by atoms with Gasteiger partial charge < -0.3 is 10.2 Å². The van der Waals surface area contributed by atoms with Gasteiger partial charge in [0.25, 0.3) is 5.91 Å². The highest BCUT2D eigenvalue weighted by Crippen LogP contribution is 2.21. The van der Waals surface area contributed by atoms with Gasteiger partial charge >= 0.3 is 0 Å². The number of likely N-dealkylation sites (tertiary alicyclic amines) is 1. The van der Waals surface area contributed by atoms with Crippen LogP contribution in [-0.4, -0.2) is 29.8 Å². The third-order valence-electron chi connectivity index (χ3n) is 4.29. The molecule has 1 aromatic carbocycles. The second-order valence-corrected chi connectivity index (χ2v) is 6.49. The Kier molecular flexibility index (Phi) is 7.14. The van der Waals surface area contributed by atoms with Crippen molar-refractivity contribution in [1.82, 2.24) is 10.2 Å². The van der Waals surface area contributed by atoms with Gasteiger partial charge in [0.05, 0.1) is 0 Å². The van der Waals surface area contributed by atoms with Crippen molar-refractivity contribution in [2.45, 2.75) is 39.2 Å². The zero-order valence-electron chi connectivity index (χ0n) is 14.0. The van der Waals surface area contributed by atoms with Gasteiger partial charge in [-0.3, -0.25) is 9.59 Å². The van der Waals surface area contributed by atoms with Crippen LogP contribution in [0, 0.1) is 17.8 Å². The molecule has 128 valence electrons. The maximum Gasteiger partial charge on any atom is 0.298 e. The maximum absolute atomic E-state index is 12.0. The zero-order valence-corrected chi connectivity index (χ0v) is 14.7. The van der Waals surface area contributed by atoms with Gasteiger partial charge in [0.15, 0.2) is 0 Å². The molecular weight excluding hydrogens is 324 g/mol. The SMILES string of the molecule is CC#CC(=O)N1CCC(CCC(=O)NCc2cccc(Cl)c2)CC1. The molecule has 5 heteroatoms. The molecular formula is C19H23ClN2O2. The van der Waals surface area contributed by atoms with E-state index in [1.807, 2.05) is 24.3 Å². The fourth-order valence-corrected chi connectivity index (χ4v) is 3.09. The first-order valence-electron chi connectivity index (χ1n) is 8.31. The van der Waals surface area contributed by atoms with Crippen molar-refractivity contribution in [2.75, 3.05) is 13.1 Å². The first-order chi connectivity index (χ1) is 11.6. The monoisotopic (exact) mass is 346 g/mol. The standard InChI is InChI=1S/C19H23ClN2O2/c1-2-4-19(24)22-11-9-15(10-12-22)7-8-18(23)21-14-16-5-3-6-17(20)13-16/h3,5-6,13,15H,7-12,14H2,1H3,(H,21,23). The maximum atomic E-state index is 12.0. The fourth-order valence-electron chi connectivity index (χ4n) is 2.88. The van der Waals surface area contributed by atoms with Crippen LogP contribution in [0.1, 0.15) is 38.2 Å².